The number of carbonyl (C=O) groups is 1. The summed E-state index contributed by atoms with van der Waals surface area (Å²) in [6.45, 7) is 2.02. The Labute approximate surface area is 149 Å². The van der Waals surface area contributed by atoms with Crippen LogP contribution in [0.15, 0.2) is 60.1 Å². The van der Waals surface area contributed by atoms with Gasteiger partial charge in [0.25, 0.3) is 0 Å². The van der Waals surface area contributed by atoms with Crippen LogP contribution in [-0.4, -0.2) is 15.8 Å². The average Bonchev–Trinajstić information content (AvgIpc) is 3.16. The second-order valence-corrected chi connectivity index (χ2v) is 6.74. The second-order valence-electron chi connectivity index (χ2n) is 5.80. The molecule has 0 aliphatic rings. The van der Waals surface area contributed by atoms with E-state index in [1.807, 2.05) is 48.7 Å². The van der Waals surface area contributed by atoms with Crippen molar-refractivity contribution in [3.05, 3.63) is 76.1 Å². The molecule has 0 bridgehead atoms. The summed E-state index contributed by atoms with van der Waals surface area (Å²) in [7, 11) is 0. The predicted octanol–water partition coefficient (Wildman–Crippen LogP) is 4.48. The number of rotatable bonds is 3. The molecule has 0 saturated heterocycles. The molecule has 4 aromatic rings. The fourth-order valence-electron chi connectivity index (χ4n) is 2.80. The van der Waals surface area contributed by atoms with Gasteiger partial charge in [-0.25, -0.2) is 9.97 Å². The maximum absolute atomic E-state index is 13.1. The first kappa shape index (κ1) is 15.5. The van der Waals surface area contributed by atoms with Crippen LogP contribution in [0.5, 0.6) is 0 Å². The number of nitrogens with two attached hydrogens (primary N) is 1. The Kier molecular flexibility index (Phi) is 3.78. The van der Waals surface area contributed by atoms with Crippen LogP contribution in [0.3, 0.4) is 0 Å². The van der Waals surface area contributed by atoms with Crippen molar-refractivity contribution < 1.29 is 4.79 Å². The predicted molar refractivity (Wildman–Crippen MR) is 102 cm³/mol. The third-order valence-electron chi connectivity index (χ3n) is 4.10. The van der Waals surface area contributed by atoms with Gasteiger partial charge in [0.15, 0.2) is 5.65 Å². The Morgan fingerprint density at radius 1 is 1.08 bits per heavy atom. The number of benzene rings is 1. The van der Waals surface area contributed by atoms with Crippen molar-refractivity contribution in [3.8, 4) is 11.3 Å². The number of carbonyl (C=O) groups excluding carboxylic acids is 1. The highest BCUT2D eigenvalue weighted by Gasteiger charge is 2.22. The second kappa shape index (κ2) is 6.11. The van der Waals surface area contributed by atoms with E-state index in [0.717, 1.165) is 11.1 Å². The molecule has 5 heteroatoms. The standard InChI is InChI=1S/C20H15N3OS/c1-12-6-8-13(9-7-12)18-16(19(24)15-5-3-11-25-15)17(21)14-4-2-10-22-20(14)23-18/h2-11H,1H3,(H2,21,22,23). The molecule has 4 nitrogen and oxygen atoms in total. The summed E-state index contributed by atoms with van der Waals surface area (Å²) >= 11 is 1.40. The molecular weight excluding hydrogens is 330 g/mol. The summed E-state index contributed by atoms with van der Waals surface area (Å²) < 4.78 is 0. The smallest absolute Gasteiger partial charge is 0.207 e. The monoisotopic (exact) mass is 345 g/mol. The maximum Gasteiger partial charge on any atom is 0.207 e. The number of aromatic nitrogens is 2. The molecule has 0 amide bonds. The Hall–Kier alpha value is -3.05. The van der Waals surface area contributed by atoms with Crippen molar-refractivity contribution in [1.82, 2.24) is 9.97 Å². The van der Waals surface area contributed by atoms with Gasteiger partial charge < -0.3 is 5.73 Å². The largest absolute Gasteiger partial charge is 0.397 e. The van der Waals surface area contributed by atoms with Crippen LogP contribution in [0.2, 0.25) is 0 Å². The Morgan fingerprint density at radius 2 is 1.88 bits per heavy atom. The van der Waals surface area contributed by atoms with E-state index in [-0.39, 0.29) is 5.78 Å². The van der Waals surface area contributed by atoms with Crippen molar-refractivity contribution in [2.45, 2.75) is 6.92 Å². The third-order valence-corrected chi connectivity index (χ3v) is 4.97. The molecule has 25 heavy (non-hydrogen) atoms. The van der Waals surface area contributed by atoms with Crippen LogP contribution < -0.4 is 5.73 Å². The van der Waals surface area contributed by atoms with Gasteiger partial charge in [0.2, 0.25) is 5.78 Å². The van der Waals surface area contributed by atoms with Crippen LogP contribution in [0.1, 0.15) is 20.8 Å². The van der Waals surface area contributed by atoms with Crippen molar-refractivity contribution in [2.75, 3.05) is 5.73 Å². The average molecular weight is 345 g/mol. The fraction of sp³-hybridized carbons (Fsp3) is 0.0500. The van der Waals surface area contributed by atoms with E-state index in [1.54, 1.807) is 18.3 Å². The van der Waals surface area contributed by atoms with E-state index in [2.05, 4.69) is 9.97 Å². The number of anilines is 1. The zero-order chi connectivity index (χ0) is 17.4. The van der Waals surface area contributed by atoms with Gasteiger partial charge in [-0.15, -0.1) is 11.3 Å². The summed E-state index contributed by atoms with van der Waals surface area (Å²) in [4.78, 5) is 22.7. The highest BCUT2D eigenvalue weighted by atomic mass is 32.1. The maximum atomic E-state index is 13.1. The summed E-state index contributed by atoms with van der Waals surface area (Å²) in [5.41, 5.74) is 10.4. The lowest BCUT2D eigenvalue weighted by Gasteiger charge is -2.13. The van der Waals surface area contributed by atoms with Gasteiger partial charge in [-0.3, -0.25) is 4.79 Å². The Balaban J connectivity index is 2.04. The van der Waals surface area contributed by atoms with Gasteiger partial charge in [-0.05, 0) is 30.5 Å². The van der Waals surface area contributed by atoms with Crippen LogP contribution in [0, 0.1) is 6.92 Å². The molecule has 4 rings (SSSR count). The van der Waals surface area contributed by atoms with E-state index in [9.17, 15) is 4.79 Å². The topological polar surface area (TPSA) is 68.9 Å². The highest BCUT2D eigenvalue weighted by molar-refractivity contribution is 7.12. The SMILES string of the molecule is Cc1ccc(-c2nc3ncccc3c(N)c2C(=O)c2cccs2)cc1. The van der Waals surface area contributed by atoms with Crippen LogP contribution in [0.4, 0.5) is 5.69 Å². The normalized spacial score (nSPS) is 10.9. The molecule has 0 aliphatic carbocycles. The number of pyridine rings is 2. The number of aryl methyl sites for hydroxylation is 1. The molecule has 3 aromatic heterocycles. The van der Waals surface area contributed by atoms with Gasteiger partial charge in [-0.2, -0.15) is 0 Å². The molecule has 0 unspecified atom stereocenters. The summed E-state index contributed by atoms with van der Waals surface area (Å²) in [6, 6.07) is 15.2. The van der Waals surface area contributed by atoms with E-state index in [4.69, 9.17) is 5.73 Å². The highest BCUT2D eigenvalue weighted by Crippen LogP contribution is 2.33. The zero-order valence-corrected chi connectivity index (χ0v) is 14.4. The molecule has 1 aromatic carbocycles. The van der Waals surface area contributed by atoms with Crippen molar-refractivity contribution in [2.24, 2.45) is 0 Å². The minimum atomic E-state index is -0.110. The number of thiophene rings is 1. The summed E-state index contributed by atoms with van der Waals surface area (Å²) in [6.07, 6.45) is 1.68. The molecule has 3 heterocycles. The fourth-order valence-corrected chi connectivity index (χ4v) is 3.47. The molecule has 0 aliphatic heterocycles. The van der Waals surface area contributed by atoms with Gasteiger partial charge in [0.1, 0.15) is 0 Å². The van der Waals surface area contributed by atoms with Crippen LogP contribution >= 0.6 is 11.3 Å². The number of hydrogen-bond acceptors (Lipinski definition) is 5. The molecule has 0 saturated carbocycles. The van der Waals surface area contributed by atoms with Gasteiger partial charge in [0, 0.05) is 17.1 Å². The summed E-state index contributed by atoms with van der Waals surface area (Å²) in [5, 5.41) is 2.57. The minimum Gasteiger partial charge on any atom is -0.397 e. The molecule has 122 valence electrons. The molecule has 0 spiro atoms. The molecule has 0 atom stereocenters. The number of nitrogen functional groups attached to an aromatic ring is 1. The quantitative estimate of drug-likeness (QED) is 0.556. The summed E-state index contributed by atoms with van der Waals surface area (Å²) in [5.74, 6) is -0.110. The molecule has 0 radical (unpaired) electrons. The van der Waals surface area contributed by atoms with E-state index >= 15 is 0 Å². The van der Waals surface area contributed by atoms with Crippen LogP contribution in [-0.2, 0) is 0 Å². The van der Waals surface area contributed by atoms with Crippen molar-refractivity contribution in [1.29, 1.82) is 0 Å². The first-order valence-electron chi connectivity index (χ1n) is 7.84. The van der Waals surface area contributed by atoms with Crippen LogP contribution in [0.25, 0.3) is 22.3 Å². The van der Waals surface area contributed by atoms with Gasteiger partial charge >= 0.3 is 0 Å². The number of nitrogens with zero attached hydrogens (tertiary/aromatic N) is 2. The van der Waals surface area contributed by atoms with E-state index < -0.39 is 0 Å². The van der Waals surface area contributed by atoms with Gasteiger partial charge in [-0.1, -0.05) is 35.9 Å². The number of ketones is 1. The lowest BCUT2D eigenvalue weighted by Crippen LogP contribution is -2.09. The van der Waals surface area contributed by atoms with Crippen molar-refractivity contribution in [3.63, 3.8) is 0 Å². The van der Waals surface area contributed by atoms with E-state index in [0.29, 0.717) is 32.9 Å². The van der Waals surface area contributed by atoms with E-state index in [1.165, 1.54) is 11.3 Å². The van der Waals surface area contributed by atoms with Crippen molar-refractivity contribution >= 4 is 33.8 Å². The third kappa shape index (κ3) is 2.68. The van der Waals surface area contributed by atoms with Gasteiger partial charge in [0.05, 0.1) is 21.8 Å². The number of hydrogen-bond donors (Lipinski definition) is 1. The minimum absolute atomic E-state index is 0.110. The Bertz CT molecular complexity index is 1070. The lowest BCUT2D eigenvalue weighted by atomic mass is 9.97. The molecular formula is C20H15N3OS. The lowest BCUT2D eigenvalue weighted by molar-refractivity contribution is 0.104. The first-order chi connectivity index (χ1) is 12.1. The molecule has 2 N–H and O–H groups in total. The number of fused-ring (bicyclic) bond motifs is 1. The Morgan fingerprint density at radius 3 is 2.60 bits per heavy atom. The molecule has 0 fully saturated rings. The zero-order valence-electron chi connectivity index (χ0n) is 13.6. The first-order valence-corrected chi connectivity index (χ1v) is 8.72.